The third-order valence-corrected chi connectivity index (χ3v) is 3.13. The van der Waals surface area contributed by atoms with Crippen LogP contribution in [0.2, 0.25) is 0 Å². The van der Waals surface area contributed by atoms with Crippen LogP contribution in [0.3, 0.4) is 0 Å². The summed E-state index contributed by atoms with van der Waals surface area (Å²) in [5.74, 6) is -0.606. The van der Waals surface area contributed by atoms with Crippen LogP contribution < -0.4 is 5.32 Å². The predicted octanol–water partition coefficient (Wildman–Crippen LogP) is 1.39. The summed E-state index contributed by atoms with van der Waals surface area (Å²) in [6.07, 6.45) is 2.52. The molecule has 0 radical (unpaired) electrons. The SMILES string of the molecule is O=C(Nc1ccccc1S(=O)(=O)F)c1ccnnc1. The Morgan fingerprint density at radius 3 is 2.53 bits per heavy atom. The summed E-state index contributed by atoms with van der Waals surface area (Å²) in [5, 5.41) is 9.33. The average molecular weight is 281 g/mol. The number of nitrogens with zero attached hydrogens (tertiary/aromatic N) is 2. The third kappa shape index (κ3) is 3.10. The number of carbonyl (C=O) groups excluding carboxylic acids is 1. The van der Waals surface area contributed by atoms with Crippen LogP contribution >= 0.6 is 0 Å². The van der Waals surface area contributed by atoms with Gasteiger partial charge in [-0.25, -0.2) is 0 Å². The standard InChI is InChI=1S/C11H8FN3O3S/c12-19(17,18)10-4-2-1-3-9(10)15-11(16)8-5-6-13-14-7-8/h1-7H,(H,15,16). The van der Waals surface area contributed by atoms with Gasteiger partial charge < -0.3 is 5.32 Å². The Morgan fingerprint density at radius 2 is 1.89 bits per heavy atom. The molecule has 1 aromatic carbocycles. The van der Waals surface area contributed by atoms with E-state index in [4.69, 9.17) is 0 Å². The first-order valence-corrected chi connectivity index (χ1v) is 6.48. The number of aromatic nitrogens is 2. The maximum Gasteiger partial charge on any atom is 0.334 e. The molecule has 1 amide bonds. The van der Waals surface area contributed by atoms with Gasteiger partial charge in [0, 0.05) is 0 Å². The zero-order chi connectivity index (χ0) is 13.9. The normalized spacial score (nSPS) is 11.0. The molecule has 1 heterocycles. The number of para-hydroxylation sites is 1. The summed E-state index contributed by atoms with van der Waals surface area (Å²) < 4.78 is 34.9. The van der Waals surface area contributed by atoms with E-state index < -0.39 is 21.0 Å². The van der Waals surface area contributed by atoms with Crippen molar-refractivity contribution in [2.45, 2.75) is 4.90 Å². The van der Waals surface area contributed by atoms with E-state index in [-0.39, 0.29) is 11.3 Å². The van der Waals surface area contributed by atoms with Gasteiger partial charge in [-0.15, -0.1) is 3.89 Å². The Morgan fingerprint density at radius 1 is 1.16 bits per heavy atom. The summed E-state index contributed by atoms with van der Waals surface area (Å²) in [7, 11) is -4.90. The van der Waals surface area contributed by atoms with Crippen molar-refractivity contribution in [3.63, 3.8) is 0 Å². The van der Waals surface area contributed by atoms with Gasteiger partial charge in [0.05, 0.1) is 23.6 Å². The molecule has 1 aromatic heterocycles. The highest BCUT2D eigenvalue weighted by atomic mass is 32.3. The van der Waals surface area contributed by atoms with Crippen molar-refractivity contribution in [3.8, 4) is 0 Å². The van der Waals surface area contributed by atoms with Crippen molar-refractivity contribution in [2.24, 2.45) is 0 Å². The fourth-order valence-electron chi connectivity index (χ4n) is 1.40. The summed E-state index contributed by atoms with van der Waals surface area (Å²) >= 11 is 0. The van der Waals surface area contributed by atoms with Gasteiger partial charge in [0.1, 0.15) is 4.90 Å². The lowest BCUT2D eigenvalue weighted by Crippen LogP contribution is -2.14. The quantitative estimate of drug-likeness (QED) is 0.859. The maximum atomic E-state index is 13.0. The predicted molar refractivity (Wildman–Crippen MR) is 64.7 cm³/mol. The van der Waals surface area contributed by atoms with Crippen molar-refractivity contribution in [2.75, 3.05) is 5.32 Å². The van der Waals surface area contributed by atoms with Gasteiger partial charge in [0.2, 0.25) is 0 Å². The van der Waals surface area contributed by atoms with Crippen molar-refractivity contribution in [1.82, 2.24) is 10.2 Å². The second-order valence-electron chi connectivity index (χ2n) is 3.52. The van der Waals surface area contributed by atoms with Crippen molar-refractivity contribution in [1.29, 1.82) is 0 Å². The summed E-state index contributed by atoms with van der Waals surface area (Å²) in [4.78, 5) is 11.2. The first-order chi connectivity index (χ1) is 8.98. The number of anilines is 1. The van der Waals surface area contributed by atoms with Gasteiger partial charge in [-0.1, -0.05) is 12.1 Å². The molecule has 0 spiro atoms. The molecule has 0 bridgehead atoms. The van der Waals surface area contributed by atoms with E-state index in [0.717, 1.165) is 6.07 Å². The first kappa shape index (κ1) is 13.1. The van der Waals surface area contributed by atoms with Gasteiger partial charge in [-0.3, -0.25) is 4.79 Å². The molecule has 6 nitrogen and oxygen atoms in total. The molecule has 0 aliphatic rings. The zero-order valence-electron chi connectivity index (χ0n) is 9.45. The van der Waals surface area contributed by atoms with Gasteiger partial charge >= 0.3 is 10.2 Å². The van der Waals surface area contributed by atoms with E-state index in [2.05, 4.69) is 15.5 Å². The minimum absolute atomic E-state index is 0.133. The van der Waals surface area contributed by atoms with Crippen molar-refractivity contribution >= 4 is 21.8 Å². The minimum atomic E-state index is -4.90. The summed E-state index contributed by atoms with van der Waals surface area (Å²) in [6, 6.07) is 6.59. The Balaban J connectivity index is 2.33. The molecule has 0 atom stereocenters. The maximum absolute atomic E-state index is 13.0. The number of nitrogens with one attached hydrogen (secondary N) is 1. The van der Waals surface area contributed by atoms with Gasteiger partial charge in [-0.2, -0.15) is 18.6 Å². The van der Waals surface area contributed by atoms with E-state index in [1.807, 2.05) is 0 Å². The molecule has 2 aromatic rings. The molecule has 0 saturated heterocycles. The topological polar surface area (TPSA) is 89.0 Å². The molecule has 0 aliphatic heterocycles. The largest absolute Gasteiger partial charge is 0.334 e. The molecular formula is C11H8FN3O3S. The Hall–Kier alpha value is -2.35. The van der Waals surface area contributed by atoms with Gasteiger partial charge in [-0.05, 0) is 18.2 Å². The van der Waals surface area contributed by atoms with Crippen LogP contribution in [0.25, 0.3) is 0 Å². The van der Waals surface area contributed by atoms with E-state index in [1.54, 1.807) is 0 Å². The first-order valence-electron chi connectivity index (χ1n) is 5.10. The molecule has 0 fully saturated rings. The van der Waals surface area contributed by atoms with E-state index >= 15 is 0 Å². The van der Waals surface area contributed by atoms with Crippen LogP contribution in [0, 0.1) is 0 Å². The molecule has 1 N–H and O–H groups in total. The summed E-state index contributed by atoms with van der Waals surface area (Å²) in [5.41, 5.74) is 0.0490. The molecule has 2 rings (SSSR count). The van der Waals surface area contributed by atoms with Crippen LogP contribution in [-0.4, -0.2) is 24.5 Å². The lowest BCUT2D eigenvalue weighted by Gasteiger charge is -2.07. The number of halogens is 1. The van der Waals surface area contributed by atoms with Crippen LogP contribution in [0.5, 0.6) is 0 Å². The Labute approximate surface area is 108 Å². The lowest BCUT2D eigenvalue weighted by atomic mass is 10.2. The fourth-order valence-corrected chi connectivity index (χ4v) is 2.02. The Kier molecular flexibility index (Phi) is 3.52. The number of rotatable bonds is 3. The second-order valence-corrected chi connectivity index (χ2v) is 4.83. The number of hydrogen-bond donors (Lipinski definition) is 1. The molecule has 0 unspecified atom stereocenters. The zero-order valence-corrected chi connectivity index (χ0v) is 10.3. The molecule has 0 saturated carbocycles. The van der Waals surface area contributed by atoms with Crippen LogP contribution in [0.15, 0.2) is 47.6 Å². The molecule has 8 heteroatoms. The highest BCUT2D eigenvalue weighted by Gasteiger charge is 2.18. The van der Waals surface area contributed by atoms with Crippen LogP contribution in [0.4, 0.5) is 9.57 Å². The summed E-state index contributed by atoms with van der Waals surface area (Å²) in [6.45, 7) is 0. The molecule has 19 heavy (non-hydrogen) atoms. The number of hydrogen-bond acceptors (Lipinski definition) is 5. The van der Waals surface area contributed by atoms with Gasteiger partial charge in [0.25, 0.3) is 5.91 Å². The highest BCUT2D eigenvalue weighted by Crippen LogP contribution is 2.23. The average Bonchev–Trinajstić information content (AvgIpc) is 2.39. The fraction of sp³-hybridized carbons (Fsp3) is 0. The number of benzene rings is 1. The Bertz CT molecular complexity index is 704. The molecule has 98 valence electrons. The second kappa shape index (κ2) is 5.11. The van der Waals surface area contributed by atoms with Crippen LogP contribution in [-0.2, 0) is 10.2 Å². The van der Waals surface area contributed by atoms with E-state index in [0.29, 0.717) is 0 Å². The van der Waals surface area contributed by atoms with Gasteiger partial charge in [0.15, 0.2) is 0 Å². The van der Waals surface area contributed by atoms with Crippen molar-refractivity contribution < 1.29 is 17.1 Å². The highest BCUT2D eigenvalue weighted by molar-refractivity contribution is 7.86. The van der Waals surface area contributed by atoms with E-state index in [1.165, 1.54) is 36.7 Å². The van der Waals surface area contributed by atoms with Crippen molar-refractivity contribution in [3.05, 3.63) is 48.3 Å². The number of carbonyl (C=O) groups is 1. The minimum Gasteiger partial charge on any atom is -0.321 e. The lowest BCUT2D eigenvalue weighted by molar-refractivity contribution is 0.102. The number of amides is 1. The monoisotopic (exact) mass is 281 g/mol. The smallest absolute Gasteiger partial charge is 0.321 e. The molecule has 0 aliphatic carbocycles. The van der Waals surface area contributed by atoms with E-state index in [9.17, 15) is 17.1 Å². The third-order valence-electron chi connectivity index (χ3n) is 2.24. The molecular weight excluding hydrogens is 273 g/mol. The van der Waals surface area contributed by atoms with Crippen LogP contribution in [0.1, 0.15) is 10.4 Å².